The average Bonchev–Trinajstić information content (AvgIpc) is 3.32. The van der Waals surface area contributed by atoms with E-state index in [1.165, 1.54) is 12.5 Å². The third kappa shape index (κ3) is 9.45. The highest BCUT2D eigenvalue weighted by molar-refractivity contribution is 5.94. The number of unbranched alkanes of at least 4 members (excludes halogenated alkanes) is 1. The van der Waals surface area contributed by atoms with Gasteiger partial charge in [-0.05, 0) is 31.7 Å². The molecular weight excluding hydrogens is 446 g/mol. The second-order valence-corrected chi connectivity index (χ2v) is 8.19. The summed E-state index contributed by atoms with van der Waals surface area (Å²) in [4.78, 5) is 56.2. The van der Waals surface area contributed by atoms with E-state index in [0.29, 0.717) is 31.5 Å². The number of rotatable bonds is 16. The molecule has 5 atom stereocenters. The minimum absolute atomic E-state index is 0.177. The molecule has 10 N–H and O–H groups in total. The summed E-state index contributed by atoms with van der Waals surface area (Å²) in [6.07, 6.45) is 5.04. The minimum Gasteiger partial charge on any atom is -0.480 e. The second-order valence-electron chi connectivity index (χ2n) is 8.19. The van der Waals surface area contributed by atoms with Crippen LogP contribution in [-0.2, 0) is 25.6 Å². The van der Waals surface area contributed by atoms with Crippen LogP contribution in [0, 0.1) is 5.92 Å². The lowest BCUT2D eigenvalue weighted by molar-refractivity contribution is -0.144. The smallest absolute Gasteiger partial charge is 0.326 e. The maximum absolute atomic E-state index is 12.9. The summed E-state index contributed by atoms with van der Waals surface area (Å²) in [6.45, 7) is 3.09. The molecule has 0 radical (unpaired) electrons. The number of H-pyrrole nitrogens is 1. The van der Waals surface area contributed by atoms with Gasteiger partial charge in [0.2, 0.25) is 17.7 Å². The summed E-state index contributed by atoms with van der Waals surface area (Å²) < 4.78 is 0. The van der Waals surface area contributed by atoms with Gasteiger partial charge in [-0.1, -0.05) is 20.3 Å². The molecule has 0 aliphatic carbocycles. The summed E-state index contributed by atoms with van der Waals surface area (Å²) in [6, 6.07) is -4.55. The fourth-order valence-corrected chi connectivity index (χ4v) is 3.17. The van der Waals surface area contributed by atoms with Crippen molar-refractivity contribution in [3.8, 4) is 0 Å². The van der Waals surface area contributed by atoms with Gasteiger partial charge in [-0.25, -0.2) is 9.78 Å². The lowest BCUT2D eigenvalue weighted by Crippen LogP contribution is -2.58. The van der Waals surface area contributed by atoms with E-state index >= 15 is 0 Å². The number of nitrogens with one attached hydrogen (secondary N) is 4. The Labute approximate surface area is 198 Å². The molecule has 13 nitrogen and oxygen atoms in total. The molecule has 0 saturated heterocycles. The van der Waals surface area contributed by atoms with Crippen LogP contribution in [0.5, 0.6) is 0 Å². The van der Waals surface area contributed by atoms with Crippen molar-refractivity contribution in [3.05, 3.63) is 18.2 Å². The number of carboxylic acid groups (broad SMARTS) is 1. The number of imidazole rings is 1. The molecule has 13 heteroatoms. The van der Waals surface area contributed by atoms with Gasteiger partial charge >= 0.3 is 5.97 Å². The predicted octanol–water partition coefficient (Wildman–Crippen LogP) is -2.01. The van der Waals surface area contributed by atoms with E-state index < -0.39 is 54.5 Å². The first-order chi connectivity index (χ1) is 16.1. The first-order valence-corrected chi connectivity index (χ1v) is 11.3. The third-order valence-electron chi connectivity index (χ3n) is 5.50. The Balaban J connectivity index is 2.84. The predicted molar refractivity (Wildman–Crippen MR) is 123 cm³/mol. The molecule has 1 rings (SSSR count). The van der Waals surface area contributed by atoms with Crippen molar-refractivity contribution in [2.45, 2.75) is 70.1 Å². The van der Waals surface area contributed by atoms with Crippen molar-refractivity contribution < 1.29 is 29.4 Å². The summed E-state index contributed by atoms with van der Waals surface area (Å²) in [5.41, 5.74) is 12.1. The number of amides is 3. The number of hydrogen-bond acceptors (Lipinski definition) is 8. The number of aromatic amines is 1. The van der Waals surface area contributed by atoms with Gasteiger partial charge in [0.05, 0.1) is 19.0 Å². The fourth-order valence-electron chi connectivity index (χ4n) is 3.17. The van der Waals surface area contributed by atoms with Crippen LogP contribution >= 0.6 is 0 Å². The van der Waals surface area contributed by atoms with Gasteiger partial charge in [0.1, 0.15) is 18.1 Å². The van der Waals surface area contributed by atoms with Gasteiger partial charge in [-0.3, -0.25) is 14.4 Å². The molecule has 0 aliphatic heterocycles. The zero-order chi connectivity index (χ0) is 25.7. The summed E-state index contributed by atoms with van der Waals surface area (Å²) >= 11 is 0. The minimum atomic E-state index is -1.40. The Kier molecular flexibility index (Phi) is 12.8. The molecule has 0 bridgehead atoms. The molecule has 192 valence electrons. The molecule has 1 aromatic heterocycles. The molecule has 34 heavy (non-hydrogen) atoms. The number of carbonyl (C=O) groups is 4. The first kappa shape index (κ1) is 29.0. The van der Waals surface area contributed by atoms with Crippen LogP contribution in [-0.4, -0.2) is 81.2 Å². The van der Waals surface area contributed by atoms with Crippen molar-refractivity contribution >= 4 is 23.7 Å². The number of aliphatic hydroxyl groups is 1. The van der Waals surface area contributed by atoms with E-state index in [2.05, 4.69) is 25.9 Å². The lowest BCUT2D eigenvalue weighted by atomic mass is 9.99. The molecule has 0 aliphatic rings. The van der Waals surface area contributed by atoms with E-state index in [9.17, 15) is 29.4 Å². The molecule has 0 spiro atoms. The van der Waals surface area contributed by atoms with Crippen molar-refractivity contribution in [2.24, 2.45) is 17.4 Å². The number of carbonyl (C=O) groups excluding carboxylic acids is 3. The number of hydrogen-bond donors (Lipinski definition) is 8. The Bertz CT molecular complexity index is 789. The van der Waals surface area contributed by atoms with E-state index in [1.54, 1.807) is 13.8 Å². The monoisotopic (exact) mass is 483 g/mol. The maximum atomic E-state index is 12.9. The van der Waals surface area contributed by atoms with E-state index in [-0.39, 0.29) is 18.8 Å². The Morgan fingerprint density at radius 3 is 2.26 bits per heavy atom. The summed E-state index contributed by atoms with van der Waals surface area (Å²) in [5, 5.41) is 26.3. The Hall–Kier alpha value is -3.03. The van der Waals surface area contributed by atoms with Gasteiger partial charge in [-0.2, -0.15) is 0 Å². The highest BCUT2D eigenvalue weighted by atomic mass is 16.4. The van der Waals surface area contributed by atoms with Crippen LogP contribution in [0.4, 0.5) is 0 Å². The maximum Gasteiger partial charge on any atom is 0.326 e. The average molecular weight is 484 g/mol. The van der Waals surface area contributed by atoms with Crippen LogP contribution in [0.1, 0.15) is 45.2 Å². The second kappa shape index (κ2) is 15.0. The van der Waals surface area contributed by atoms with Gasteiger partial charge in [0.25, 0.3) is 0 Å². The molecular formula is C21H37N7O6. The molecule has 3 amide bonds. The van der Waals surface area contributed by atoms with Gasteiger partial charge < -0.3 is 42.6 Å². The normalized spacial score (nSPS) is 15.4. The van der Waals surface area contributed by atoms with Crippen LogP contribution in [0.25, 0.3) is 0 Å². The van der Waals surface area contributed by atoms with E-state index in [1.807, 2.05) is 0 Å². The molecule has 0 aromatic carbocycles. The SMILES string of the molecule is CCC(C)C(NC(=O)C(CO)NC(=O)C(CCCCN)NC(=O)C(N)Cc1cnc[nH]1)C(=O)O. The van der Waals surface area contributed by atoms with Gasteiger partial charge in [0.15, 0.2) is 0 Å². The van der Waals surface area contributed by atoms with Crippen LogP contribution in [0.2, 0.25) is 0 Å². The topological polar surface area (TPSA) is 226 Å². The molecule has 0 fully saturated rings. The Morgan fingerprint density at radius 1 is 1.09 bits per heavy atom. The van der Waals surface area contributed by atoms with Gasteiger partial charge in [-0.15, -0.1) is 0 Å². The largest absolute Gasteiger partial charge is 0.480 e. The highest BCUT2D eigenvalue weighted by Crippen LogP contribution is 2.09. The van der Waals surface area contributed by atoms with Crippen LogP contribution in [0.15, 0.2) is 12.5 Å². The Morgan fingerprint density at radius 2 is 1.74 bits per heavy atom. The number of nitrogens with two attached hydrogens (primary N) is 2. The van der Waals surface area contributed by atoms with Gasteiger partial charge in [0, 0.05) is 18.3 Å². The summed E-state index contributed by atoms with van der Waals surface area (Å²) in [7, 11) is 0. The van der Waals surface area contributed by atoms with Crippen molar-refractivity contribution in [1.82, 2.24) is 25.9 Å². The quantitative estimate of drug-likeness (QED) is 0.121. The molecule has 5 unspecified atom stereocenters. The highest BCUT2D eigenvalue weighted by Gasteiger charge is 2.31. The molecule has 1 aromatic rings. The van der Waals surface area contributed by atoms with Crippen molar-refractivity contribution in [2.75, 3.05) is 13.2 Å². The number of aliphatic hydroxyl groups excluding tert-OH is 1. The third-order valence-corrected chi connectivity index (χ3v) is 5.50. The standard InChI is InChI=1S/C21H37N7O6/c1-3-12(2)17(21(33)34)28-20(32)16(10-29)27-19(31)15(6-4-5-7-22)26-18(30)14(23)8-13-9-24-11-25-13/h9,11-12,14-17,29H,3-8,10,22-23H2,1-2H3,(H,24,25)(H,26,30)(H,27,31)(H,28,32)(H,33,34). The van der Waals surface area contributed by atoms with Crippen molar-refractivity contribution in [1.29, 1.82) is 0 Å². The van der Waals surface area contributed by atoms with Crippen LogP contribution < -0.4 is 27.4 Å². The molecule has 1 heterocycles. The fraction of sp³-hybridized carbons (Fsp3) is 0.667. The zero-order valence-electron chi connectivity index (χ0n) is 19.6. The number of aliphatic carboxylic acids is 1. The molecule has 0 saturated carbocycles. The summed E-state index contributed by atoms with van der Waals surface area (Å²) in [5.74, 6) is -3.70. The zero-order valence-corrected chi connectivity index (χ0v) is 19.6. The van der Waals surface area contributed by atoms with E-state index in [0.717, 1.165) is 0 Å². The van der Waals surface area contributed by atoms with Crippen molar-refractivity contribution in [3.63, 3.8) is 0 Å². The van der Waals surface area contributed by atoms with E-state index in [4.69, 9.17) is 11.5 Å². The number of aromatic nitrogens is 2. The first-order valence-electron chi connectivity index (χ1n) is 11.3. The number of carboxylic acids is 1. The lowest BCUT2D eigenvalue weighted by Gasteiger charge is -2.25. The van der Waals surface area contributed by atoms with Crippen LogP contribution in [0.3, 0.4) is 0 Å². The number of nitrogens with zero attached hydrogens (tertiary/aromatic N) is 1.